The van der Waals surface area contributed by atoms with Crippen molar-refractivity contribution in [2.24, 2.45) is 0 Å². The third-order valence-electron chi connectivity index (χ3n) is 15.1. The molecule has 0 spiro atoms. The van der Waals surface area contributed by atoms with Crippen molar-refractivity contribution in [3.8, 4) is 22.3 Å². The van der Waals surface area contributed by atoms with Crippen molar-refractivity contribution < 1.29 is 22.0 Å². The van der Waals surface area contributed by atoms with Crippen LogP contribution in [0.1, 0.15) is 55.6 Å². The molecule has 0 saturated carbocycles. The summed E-state index contributed by atoms with van der Waals surface area (Å²) < 4.78 is 72.5. The van der Waals surface area contributed by atoms with E-state index in [4.69, 9.17) is 4.42 Å². The molecule has 1 aromatic heterocycles. The third-order valence-corrected chi connectivity index (χ3v) is 15.1. The second-order valence-corrected chi connectivity index (χ2v) is 18.5. The van der Waals surface area contributed by atoms with Crippen molar-refractivity contribution in [1.29, 1.82) is 0 Å². The lowest BCUT2D eigenvalue weighted by molar-refractivity contribution is 0.488. The van der Waals surface area contributed by atoms with Crippen molar-refractivity contribution in [3.05, 3.63) is 304 Å². The molecule has 13 rings (SSSR count). The van der Waals surface area contributed by atoms with E-state index in [1.807, 2.05) is 152 Å². The maximum absolute atomic E-state index is 17.0. The van der Waals surface area contributed by atoms with Crippen LogP contribution in [0.15, 0.2) is 230 Å². The number of benzene rings is 10. The number of nitrogens with zero attached hydrogens (tertiary/aromatic N) is 1. The van der Waals surface area contributed by atoms with Crippen molar-refractivity contribution >= 4 is 51.2 Å². The molecule has 10 aromatic carbocycles. The number of fused-ring (bicyclic) bond motifs is 9. The summed E-state index contributed by atoms with van der Waals surface area (Å²) in [5.41, 5.74) is 10.9. The quantitative estimate of drug-likeness (QED) is 0.134. The van der Waals surface area contributed by atoms with Gasteiger partial charge >= 0.3 is 0 Å². The maximum Gasteiger partial charge on any atom is 0.163 e. The van der Waals surface area contributed by atoms with E-state index < -0.39 is 34.1 Å². The predicted molar refractivity (Wildman–Crippen MR) is 283 cm³/mol. The third kappa shape index (κ3) is 5.96. The van der Waals surface area contributed by atoms with Gasteiger partial charge in [-0.2, -0.15) is 0 Å². The fraction of sp³-hybridized carbons (Fsp3) is 0.0303. The molecule has 2 aliphatic rings. The molecule has 0 N–H and O–H groups in total. The van der Waals surface area contributed by atoms with Gasteiger partial charge in [0.2, 0.25) is 0 Å². The lowest BCUT2D eigenvalue weighted by Gasteiger charge is -2.36. The van der Waals surface area contributed by atoms with E-state index in [-0.39, 0.29) is 11.1 Å². The summed E-state index contributed by atoms with van der Waals surface area (Å²) in [6.45, 7) is 7.97. The molecule has 0 amide bonds. The van der Waals surface area contributed by atoms with Crippen LogP contribution in [0.2, 0.25) is 0 Å². The summed E-state index contributed by atoms with van der Waals surface area (Å²) in [6.07, 6.45) is 3.51. The Balaban J connectivity index is 1.14. The SMILES string of the molecule is C=Cc1ccc(C2(c3cccc(F)c3F)c3ccccc3-c3ccc(N(c4ccc5c(c4)C(c4ccc(C=C)cc4)(c4cccc(F)c4F)c4ccccc4-5)c4cccc5c4oc4ccccc45)cc32)cc1. The molecule has 1 heterocycles. The van der Waals surface area contributed by atoms with E-state index in [1.54, 1.807) is 36.4 Å². The number of halogens is 4. The second-order valence-electron chi connectivity index (χ2n) is 18.5. The summed E-state index contributed by atoms with van der Waals surface area (Å²) >= 11 is 0. The molecule has 0 fully saturated rings. The minimum atomic E-state index is -1.33. The van der Waals surface area contributed by atoms with Crippen LogP contribution < -0.4 is 4.90 Å². The lowest BCUT2D eigenvalue weighted by atomic mass is 9.67. The highest BCUT2D eigenvalue weighted by Gasteiger charge is 2.50. The van der Waals surface area contributed by atoms with Crippen LogP contribution in [-0.2, 0) is 10.8 Å². The topological polar surface area (TPSA) is 16.4 Å². The van der Waals surface area contributed by atoms with Crippen molar-refractivity contribution in [1.82, 2.24) is 0 Å². The molecular formula is C66H41F4NO. The molecule has 0 bridgehead atoms. The predicted octanol–water partition coefficient (Wildman–Crippen LogP) is 17.6. The Hall–Kier alpha value is -9.00. The van der Waals surface area contributed by atoms with E-state index in [0.717, 1.165) is 89.7 Å². The van der Waals surface area contributed by atoms with E-state index in [0.29, 0.717) is 28.2 Å². The molecule has 0 aliphatic heterocycles. The zero-order valence-electron chi connectivity index (χ0n) is 38.6. The van der Waals surface area contributed by atoms with Gasteiger partial charge in [0, 0.05) is 33.3 Å². The molecule has 2 unspecified atom stereocenters. The molecular weight excluding hydrogens is 899 g/mol. The number of rotatable bonds is 9. The van der Waals surface area contributed by atoms with Crippen molar-refractivity contribution in [3.63, 3.8) is 0 Å². The summed E-state index contributed by atoms with van der Waals surface area (Å²) in [5, 5.41) is 1.84. The monoisotopic (exact) mass is 939 g/mol. The molecule has 6 heteroatoms. The summed E-state index contributed by atoms with van der Waals surface area (Å²) in [6, 6.07) is 66.6. The standard InChI is InChI=1S/C66H41F4NO/c1-3-40-26-30-42(31-27-40)65(54-20-12-22-58(67)62(54)69)52-18-8-5-14-46(52)48-36-34-44(38-56(48)65)71(60-24-11-17-51-50-16-7-10-25-61(50)72-64(51)60)45-35-37-49-47-15-6-9-19-53(47)66(57(49)39-45,43-32-28-41(4-2)29-33-43)55-21-13-23-59(68)63(55)70/h3-39H,1-2H2. The van der Waals surface area contributed by atoms with Gasteiger partial charge in [-0.1, -0.05) is 189 Å². The average molecular weight is 940 g/mol. The Kier molecular flexibility index (Phi) is 9.74. The van der Waals surface area contributed by atoms with Crippen LogP contribution in [-0.4, -0.2) is 0 Å². The van der Waals surface area contributed by atoms with E-state index in [9.17, 15) is 0 Å². The zero-order valence-corrected chi connectivity index (χ0v) is 38.6. The van der Waals surface area contributed by atoms with Crippen LogP contribution in [0, 0.1) is 23.3 Å². The molecule has 0 saturated heterocycles. The van der Waals surface area contributed by atoms with Crippen molar-refractivity contribution in [2.45, 2.75) is 10.8 Å². The van der Waals surface area contributed by atoms with Crippen LogP contribution >= 0.6 is 0 Å². The number of hydrogen-bond acceptors (Lipinski definition) is 2. The molecule has 11 aromatic rings. The minimum absolute atomic E-state index is 0.169. The zero-order chi connectivity index (χ0) is 48.9. The van der Waals surface area contributed by atoms with Crippen molar-refractivity contribution in [2.75, 3.05) is 4.90 Å². The Morgan fingerprint density at radius 1 is 0.389 bits per heavy atom. The van der Waals surface area contributed by atoms with Gasteiger partial charge in [-0.3, -0.25) is 0 Å². The largest absolute Gasteiger partial charge is 0.454 e. The van der Waals surface area contributed by atoms with Gasteiger partial charge < -0.3 is 9.32 Å². The first-order valence-electron chi connectivity index (χ1n) is 23.8. The highest BCUT2D eigenvalue weighted by molar-refractivity contribution is 6.10. The summed E-state index contributed by atoms with van der Waals surface area (Å²) in [7, 11) is 0. The minimum Gasteiger partial charge on any atom is -0.454 e. The Bertz CT molecular complexity index is 3830. The smallest absolute Gasteiger partial charge is 0.163 e. The van der Waals surface area contributed by atoms with Gasteiger partial charge in [-0.15, -0.1) is 0 Å². The van der Waals surface area contributed by atoms with E-state index >= 15 is 17.6 Å². The number of hydrogen-bond donors (Lipinski definition) is 0. The fourth-order valence-corrected chi connectivity index (χ4v) is 12.0. The molecule has 344 valence electrons. The molecule has 72 heavy (non-hydrogen) atoms. The number of furan rings is 1. The number of anilines is 3. The molecule has 0 radical (unpaired) electrons. The lowest BCUT2D eigenvalue weighted by Crippen LogP contribution is -2.31. The van der Waals surface area contributed by atoms with Gasteiger partial charge in [0.25, 0.3) is 0 Å². The Morgan fingerprint density at radius 3 is 1.33 bits per heavy atom. The van der Waals surface area contributed by atoms with Crippen LogP contribution in [0.4, 0.5) is 34.6 Å². The van der Waals surface area contributed by atoms with Gasteiger partial charge in [-0.25, -0.2) is 17.6 Å². The first-order valence-corrected chi connectivity index (χ1v) is 23.8. The Morgan fingerprint density at radius 2 is 0.819 bits per heavy atom. The number of para-hydroxylation sites is 2. The first-order chi connectivity index (χ1) is 35.3. The highest BCUT2D eigenvalue weighted by atomic mass is 19.2. The van der Waals surface area contributed by atoms with E-state index in [1.165, 1.54) is 0 Å². The first kappa shape index (κ1) is 43.1. The second kappa shape index (κ2) is 16.3. The van der Waals surface area contributed by atoms with Crippen LogP contribution in [0.3, 0.4) is 0 Å². The normalized spacial score (nSPS) is 16.3. The van der Waals surface area contributed by atoms with Gasteiger partial charge in [0.05, 0.1) is 16.5 Å². The van der Waals surface area contributed by atoms with Gasteiger partial charge in [-0.05, 0) is 115 Å². The van der Waals surface area contributed by atoms with Gasteiger partial charge in [0.1, 0.15) is 5.58 Å². The van der Waals surface area contributed by atoms with E-state index in [2.05, 4.69) is 42.3 Å². The van der Waals surface area contributed by atoms with Gasteiger partial charge in [0.15, 0.2) is 28.9 Å². The van der Waals surface area contributed by atoms with Crippen LogP contribution in [0.25, 0.3) is 56.3 Å². The molecule has 2 nitrogen and oxygen atoms in total. The fourth-order valence-electron chi connectivity index (χ4n) is 12.0. The molecule has 2 aliphatic carbocycles. The Labute approximate surface area is 413 Å². The molecule has 2 atom stereocenters. The summed E-state index contributed by atoms with van der Waals surface area (Å²) in [4.78, 5) is 2.12. The summed E-state index contributed by atoms with van der Waals surface area (Å²) in [5.74, 6) is -3.79. The maximum atomic E-state index is 17.0. The highest BCUT2D eigenvalue weighted by Crippen LogP contribution is 2.60. The van der Waals surface area contributed by atoms with Crippen LogP contribution in [0.5, 0.6) is 0 Å². The average Bonchev–Trinajstić information content (AvgIpc) is 4.06.